The van der Waals surface area contributed by atoms with Crippen molar-refractivity contribution in [2.75, 3.05) is 5.32 Å². The summed E-state index contributed by atoms with van der Waals surface area (Å²) >= 11 is 3.12. The number of alkyl halides is 1. The van der Waals surface area contributed by atoms with E-state index in [9.17, 15) is 19.3 Å². The van der Waals surface area contributed by atoms with Crippen LogP contribution in [0.1, 0.15) is 13.8 Å². The maximum absolute atomic E-state index is 12.9. The van der Waals surface area contributed by atoms with Crippen LogP contribution in [0.25, 0.3) is 0 Å². The van der Waals surface area contributed by atoms with Crippen molar-refractivity contribution in [3.8, 4) is 0 Å². The molecule has 0 bridgehead atoms. The minimum atomic E-state index is -0.866. The highest BCUT2D eigenvalue weighted by molar-refractivity contribution is 9.10. The Morgan fingerprint density at radius 3 is 2.59 bits per heavy atom. The Labute approximate surface area is 105 Å². The molecule has 5 nitrogen and oxygen atoms in total. The first-order valence-electron chi connectivity index (χ1n) is 4.66. The average molecular weight is 305 g/mol. The number of anilines is 1. The number of benzene rings is 1. The molecule has 0 saturated carbocycles. The van der Waals surface area contributed by atoms with Crippen molar-refractivity contribution >= 4 is 33.2 Å². The van der Waals surface area contributed by atoms with Crippen LogP contribution >= 0.6 is 15.9 Å². The van der Waals surface area contributed by atoms with E-state index in [4.69, 9.17) is 0 Å². The summed E-state index contributed by atoms with van der Waals surface area (Å²) in [5.74, 6) is -1.18. The van der Waals surface area contributed by atoms with E-state index in [1.165, 1.54) is 0 Å². The highest BCUT2D eigenvalue weighted by atomic mass is 79.9. The Hall–Kier alpha value is -1.50. The molecule has 0 aliphatic carbocycles. The van der Waals surface area contributed by atoms with Crippen LogP contribution in [0.3, 0.4) is 0 Å². The van der Waals surface area contributed by atoms with Gasteiger partial charge in [0.1, 0.15) is 11.5 Å². The van der Waals surface area contributed by atoms with Crippen LogP contribution < -0.4 is 5.32 Å². The largest absolute Gasteiger partial charge is 0.319 e. The number of carbonyl (C=O) groups excluding carboxylic acids is 1. The van der Waals surface area contributed by atoms with Crippen molar-refractivity contribution < 1.29 is 14.1 Å². The minimum absolute atomic E-state index is 0.0334. The van der Waals surface area contributed by atoms with Crippen LogP contribution in [0.2, 0.25) is 0 Å². The normalized spacial score (nSPS) is 11.1. The summed E-state index contributed by atoms with van der Waals surface area (Å²) in [7, 11) is 0. The lowest BCUT2D eigenvalue weighted by Gasteiger charge is -2.15. The number of halogens is 2. The van der Waals surface area contributed by atoms with E-state index < -0.39 is 26.7 Å². The van der Waals surface area contributed by atoms with Gasteiger partial charge in [0.15, 0.2) is 0 Å². The van der Waals surface area contributed by atoms with Gasteiger partial charge in [0.25, 0.3) is 5.69 Å². The van der Waals surface area contributed by atoms with Gasteiger partial charge < -0.3 is 5.32 Å². The Kier molecular flexibility index (Phi) is 3.82. The number of amides is 1. The molecule has 0 saturated heterocycles. The smallest absolute Gasteiger partial charge is 0.295 e. The van der Waals surface area contributed by atoms with E-state index in [2.05, 4.69) is 21.2 Å². The zero-order valence-electron chi connectivity index (χ0n) is 9.16. The molecule has 0 fully saturated rings. The third-order valence-electron chi connectivity index (χ3n) is 1.94. The number of hydrogen-bond acceptors (Lipinski definition) is 3. The zero-order chi connectivity index (χ0) is 13.2. The fourth-order valence-electron chi connectivity index (χ4n) is 1.03. The lowest BCUT2D eigenvalue weighted by molar-refractivity contribution is -0.384. The van der Waals surface area contributed by atoms with Gasteiger partial charge in [0.05, 0.1) is 15.3 Å². The lowest BCUT2D eigenvalue weighted by Crippen LogP contribution is -2.31. The summed E-state index contributed by atoms with van der Waals surface area (Å²) in [5.41, 5.74) is -0.510. The Morgan fingerprint density at radius 1 is 1.53 bits per heavy atom. The SMILES string of the molecule is CC(C)(Br)C(=O)Nc1ccc(F)cc1[N+](=O)[O-]. The first-order chi connectivity index (χ1) is 7.71. The van der Waals surface area contributed by atoms with Crippen molar-refractivity contribution in [3.05, 3.63) is 34.1 Å². The zero-order valence-corrected chi connectivity index (χ0v) is 10.7. The summed E-state index contributed by atoms with van der Waals surface area (Å²) < 4.78 is 12.0. The molecule has 0 unspecified atom stereocenters. The summed E-state index contributed by atoms with van der Waals surface area (Å²) in [6.45, 7) is 3.19. The van der Waals surface area contributed by atoms with Crippen molar-refractivity contribution in [2.24, 2.45) is 0 Å². The summed E-state index contributed by atoms with van der Waals surface area (Å²) in [6, 6.07) is 2.96. The monoisotopic (exact) mass is 304 g/mol. The summed E-state index contributed by atoms with van der Waals surface area (Å²) in [6.07, 6.45) is 0. The number of nitrogens with zero attached hydrogens (tertiary/aromatic N) is 1. The number of rotatable bonds is 3. The topological polar surface area (TPSA) is 72.2 Å². The van der Waals surface area contributed by atoms with Crippen molar-refractivity contribution in [3.63, 3.8) is 0 Å². The van der Waals surface area contributed by atoms with Crippen LogP contribution in [0.4, 0.5) is 15.8 Å². The maximum atomic E-state index is 12.9. The first kappa shape index (κ1) is 13.6. The second-order valence-corrected chi connectivity index (χ2v) is 5.83. The molecular weight excluding hydrogens is 295 g/mol. The minimum Gasteiger partial charge on any atom is -0.319 e. The molecular formula is C10H10BrFN2O3. The highest BCUT2D eigenvalue weighted by Gasteiger charge is 2.26. The van der Waals surface area contributed by atoms with E-state index in [0.29, 0.717) is 0 Å². The third kappa shape index (κ3) is 3.48. The fourth-order valence-corrected chi connectivity index (χ4v) is 1.13. The standard InChI is InChI=1S/C10H10BrFN2O3/c1-10(2,11)9(15)13-7-4-3-6(12)5-8(7)14(16)17/h3-5H,1-2H3,(H,13,15). The molecule has 1 aromatic rings. The lowest BCUT2D eigenvalue weighted by atomic mass is 10.2. The second kappa shape index (κ2) is 4.79. The molecule has 0 heterocycles. The van der Waals surface area contributed by atoms with Gasteiger partial charge in [-0.2, -0.15) is 0 Å². The molecule has 0 radical (unpaired) electrons. The van der Waals surface area contributed by atoms with Gasteiger partial charge in [-0.3, -0.25) is 14.9 Å². The fraction of sp³-hybridized carbons (Fsp3) is 0.300. The van der Waals surface area contributed by atoms with Gasteiger partial charge in [0.2, 0.25) is 5.91 Å². The molecule has 0 atom stereocenters. The van der Waals surface area contributed by atoms with Crippen LogP contribution in [-0.2, 0) is 4.79 Å². The molecule has 0 aliphatic rings. The summed E-state index contributed by atoms with van der Waals surface area (Å²) in [5, 5.41) is 13.0. The predicted octanol–water partition coefficient (Wildman–Crippen LogP) is 2.85. The number of carbonyl (C=O) groups is 1. The Morgan fingerprint density at radius 2 is 2.12 bits per heavy atom. The van der Waals surface area contributed by atoms with Crippen LogP contribution in [0.5, 0.6) is 0 Å². The average Bonchev–Trinajstić information content (AvgIpc) is 2.18. The van der Waals surface area contributed by atoms with E-state index in [1.807, 2.05) is 0 Å². The quantitative estimate of drug-likeness (QED) is 0.530. The molecule has 1 amide bonds. The Balaban J connectivity index is 3.07. The number of nitrogens with one attached hydrogen (secondary N) is 1. The van der Waals surface area contributed by atoms with Gasteiger partial charge in [0, 0.05) is 0 Å². The molecule has 1 N–H and O–H groups in total. The van der Waals surface area contributed by atoms with Gasteiger partial charge in [-0.15, -0.1) is 0 Å². The van der Waals surface area contributed by atoms with Crippen molar-refractivity contribution in [1.82, 2.24) is 0 Å². The molecule has 1 rings (SSSR count). The summed E-state index contributed by atoms with van der Waals surface area (Å²) in [4.78, 5) is 21.6. The number of nitro groups is 1. The molecule has 17 heavy (non-hydrogen) atoms. The van der Waals surface area contributed by atoms with Crippen LogP contribution in [0.15, 0.2) is 18.2 Å². The second-order valence-electron chi connectivity index (χ2n) is 3.85. The predicted molar refractivity (Wildman–Crippen MR) is 64.7 cm³/mol. The molecule has 92 valence electrons. The van der Waals surface area contributed by atoms with Crippen molar-refractivity contribution in [2.45, 2.75) is 18.2 Å². The van der Waals surface area contributed by atoms with Crippen molar-refractivity contribution in [1.29, 1.82) is 0 Å². The van der Waals surface area contributed by atoms with Gasteiger partial charge in [-0.05, 0) is 26.0 Å². The van der Waals surface area contributed by atoms with Gasteiger partial charge in [-0.25, -0.2) is 4.39 Å². The van der Waals surface area contributed by atoms with Gasteiger partial charge in [-0.1, -0.05) is 15.9 Å². The van der Waals surface area contributed by atoms with E-state index in [-0.39, 0.29) is 5.69 Å². The number of nitro benzene ring substituents is 1. The van der Waals surface area contributed by atoms with Gasteiger partial charge >= 0.3 is 0 Å². The Bertz CT molecular complexity index is 471. The van der Waals surface area contributed by atoms with E-state index in [1.54, 1.807) is 13.8 Å². The highest BCUT2D eigenvalue weighted by Crippen LogP contribution is 2.27. The first-order valence-corrected chi connectivity index (χ1v) is 5.45. The van der Waals surface area contributed by atoms with Crippen LogP contribution in [0, 0.1) is 15.9 Å². The van der Waals surface area contributed by atoms with E-state index in [0.717, 1.165) is 18.2 Å². The molecule has 0 aromatic heterocycles. The molecule has 0 spiro atoms. The molecule has 7 heteroatoms. The molecule has 0 aliphatic heterocycles. The number of hydrogen-bond donors (Lipinski definition) is 1. The van der Waals surface area contributed by atoms with E-state index >= 15 is 0 Å². The third-order valence-corrected chi connectivity index (χ3v) is 2.30. The van der Waals surface area contributed by atoms with Crippen LogP contribution in [-0.4, -0.2) is 15.2 Å². The molecule has 1 aromatic carbocycles. The maximum Gasteiger partial charge on any atom is 0.295 e.